The summed E-state index contributed by atoms with van der Waals surface area (Å²) in [6, 6.07) is 0. The van der Waals surface area contributed by atoms with Crippen molar-refractivity contribution in [2.24, 2.45) is 0 Å². The van der Waals surface area contributed by atoms with Crippen LogP contribution in [0, 0.1) is 29.1 Å². The van der Waals surface area contributed by atoms with E-state index in [0.717, 1.165) is 0 Å². The lowest BCUT2D eigenvalue weighted by Gasteiger charge is -2.13. The van der Waals surface area contributed by atoms with Crippen LogP contribution in [-0.2, 0) is 0 Å². The van der Waals surface area contributed by atoms with Crippen molar-refractivity contribution < 1.29 is 27.1 Å². The van der Waals surface area contributed by atoms with Gasteiger partial charge in [-0.1, -0.05) is 6.08 Å². The van der Waals surface area contributed by atoms with Gasteiger partial charge >= 0.3 is 0 Å². The van der Waals surface area contributed by atoms with Gasteiger partial charge in [-0.15, -0.1) is 6.58 Å². The van der Waals surface area contributed by atoms with E-state index in [1.807, 2.05) is 0 Å². The van der Waals surface area contributed by atoms with E-state index < -0.39 is 40.8 Å². The Morgan fingerprint density at radius 1 is 0.941 bits per heavy atom. The largest absolute Gasteiger partial charge is 0.388 e. The summed E-state index contributed by atoms with van der Waals surface area (Å²) in [5, 5.41) is 9.37. The normalized spacial score (nSPS) is 12.6. The number of allylic oxidation sites excluding steroid dienone is 1. The summed E-state index contributed by atoms with van der Waals surface area (Å²) in [4.78, 5) is 0. The van der Waals surface area contributed by atoms with Crippen molar-refractivity contribution in [3.8, 4) is 0 Å². The van der Waals surface area contributed by atoms with Crippen molar-refractivity contribution in [1.82, 2.24) is 0 Å². The van der Waals surface area contributed by atoms with Crippen LogP contribution in [0.1, 0.15) is 24.5 Å². The molecule has 1 N–H and O–H groups in total. The number of aliphatic hydroxyl groups excluding tert-OH is 1. The average Bonchev–Trinajstić information content (AvgIpc) is 2.31. The highest BCUT2D eigenvalue weighted by Gasteiger charge is 2.29. The summed E-state index contributed by atoms with van der Waals surface area (Å²) in [6.45, 7) is 3.31. The minimum Gasteiger partial charge on any atom is -0.388 e. The average molecular weight is 252 g/mol. The number of benzene rings is 1. The van der Waals surface area contributed by atoms with Crippen molar-refractivity contribution in [3.05, 3.63) is 47.3 Å². The van der Waals surface area contributed by atoms with E-state index >= 15 is 0 Å². The van der Waals surface area contributed by atoms with Gasteiger partial charge in [0.05, 0.1) is 11.7 Å². The highest BCUT2D eigenvalue weighted by atomic mass is 19.2. The smallest absolute Gasteiger partial charge is 0.200 e. The van der Waals surface area contributed by atoms with E-state index in [9.17, 15) is 27.1 Å². The highest BCUT2D eigenvalue weighted by Crippen LogP contribution is 2.29. The lowest BCUT2D eigenvalue weighted by atomic mass is 10.0. The molecular formula is C11H9F5O. The molecular weight excluding hydrogens is 243 g/mol. The van der Waals surface area contributed by atoms with Gasteiger partial charge in [-0.3, -0.25) is 0 Å². The second kappa shape index (κ2) is 5.27. The Hall–Kier alpha value is -1.43. The van der Waals surface area contributed by atoms with E-state index in [2.05, 4.69) is 6.58 Å². The molecule has 17 heavy (non-hydrogen) atoms. The molecule has 94 valence electrons. The number of rotatable bonds is 4. The maximum Gasteiger partial charge on any atom is 0.200 e. The predicted octanol–water partition coefficient (Wildman–Crippen LogP) is 3.38. The Balaban J connectivity index is 3.28. The molecule has 0 fully saturated rings. The van der Waals surface area contributed by atoms with Gasteiger partial charge < -0.3 is 5.11 Å². The van der Waals surface area contributed by atoms with Crippen LogP contribution in [0.5, 0.6) is 0 Å². The monoisotopic (exact) mass is 252 g/mol. The van der Waals surface area contributed by atoms with Crippen molar-refractivity contribution in [1.29, 1.82) is 0 Å². The zero-order valence-corrected chi connectivity index (χ0v) is 8.61. The fourth-order valence-corrected chi connectivity index (χ4v) is 1.33. The van der Waals surface area contributed by atoms with Gasteiger partial charge in [0, 0.05) is 0 Å². The Morgan fingerprint density at radius 2 is 1.35 bits per heavy atom. The van der Waals surface area contributed by atoms with Gasteiger partial charge in [0.25, 0.3) is 0 Å². The first-order chi connectivity index (χ1) is 7.91. The standard InChI is InChI=1S/C11H9F5O/c1-2-3-4-5(17)6-7(12)9(14)11(16)10(15)8(6)13/h2,5,17H,1,3-4H2. The van der Waals surface area contributed by atoms with Crippen LogP contribution in [0.25, 0.3) is 0 Å². The van der Waals surface area contributed by atoms with E-state index in [0.29, 0.717) is 0 Å². The zero-order valence-electron chi connectivity index (χ0n) is 8.61. The second-order valence-corrected chi connectivity index (χ2v) is 3.37. The molecule has 0 aliphatic carbocycles. The molecule has 1 rings (SSSR count). The lowest BCUT2D eigenvalue weighted by Crippen LogP contribution is -2.11. The maximum atomic E-state index is 13.2. The van der Waals surface area contributed by atoms with Crippen molar-refractivity contribution >= 4 is 0 Å². The third kappa shape index (κ3) is 2.46. The first-order valence-electron chi connectivity index (χ1n) is 4.72. The van der Waals surface area contributed by atoms with Crippen molar-refractivity contribution in [3.63, 3.8) is 0 Å². The Kier molecular flexibility index (Phi) is 4.22. The number of hydrogen-bond donors (Lipinski definition) is 1. The van der Waals surface area contributed by atoms with Gasteiger partial charge in [0.15, 0.2) is 23.3 Å². The topological polar surface area (TPSA) is 20.2 Å². The number of aliphatic hydroxyl groups is 1. The summed E-state index contributed by atoms with van der Waals surface area (Å²) in [5.74, 6) is -10.4. The molecule has 1 aromatic carbocycles. The molecule has 0 amide bonds. The molecule has 0 saturated heterocycles. The molecule has 1 nitrogen and oxygen atoms in total. The molecule has 0 aliphatic rings. The fourth-order valence-electron chi connectivity index (χ4n) is 1.33. The Bertz CT molecular complexity index is 415. The van der Waals surface area contributed by atoms with Crippen LogP contribution in [-0.4, -0.2) is 5.11 Å². The van der Waals surface area contributed by atoms with Gasteiger partial charge in [-0.2, -0.15) is 0 Å². The third-order valence-electron chi connectivity index (χ3n) is 2.22. The summed E-state index contributed by atoms with van der Waals surface area (Å²) < 4.78 is 64.6. The van der Waals surface area contributed by atoms with Crippen LogP contribution >= 0.6 is 0 Å². The minimum atomic E-state index is -2.24. The van der Waals surface area contributed by atoms with E-state index in [-0.39, 0.29) is 12.8 Å². The minimum absolute atomic E-state index is 0.179. The molecule has 0 heterocycles. The SMILES string of the molecule is C=CCCC(O)c1c(F)c(F)c(F)c(F)c1F. The Morgan fingerprint density at radius 3 is 1.76 bits per heavy atom. The molecule has 1 atom stereocenters. The first kappa shape index (κ1) is 13.6. The molecule has 0 radical (unpaired) electrons. The van der Waals surface area contributed by atoms with Crippen LogP contribution in [0.3, 0.4) is 0 Å². The zero-order chi connectivity index (χ0) is 13.2. The predicted molar refractivity (Wildman–Crippen MR) is 50.6 cm³/mol. The summed E-state index contributed by atoms with van der Waals surface area (Å²) in [5.41, 5.74) is -1.21. The van der Waals surface area contributed by atoms with Crippen LogP contribution in [0.4, 0.5) is 22.0 Å². The summed E-state index contributed by atoms with van der Waals surface area (Å²) in [6.07, 6.45) is -0.407. The molecule has 0 spiro atoms. The number of hydrogen-bond acceptors (Lipinski definition) is 1. The summed E-state index contributed by atoms with van der Waals surface area (Å²) >= 11 is 0. The van der Waals surface area contributed by atoms with Gasteiger partial charge in [0.2, 0.25) is 5.82 Å². The van der Waals surface area contributed by atoms with E-state index in [1.54, 1.807) is 0 Å². The van der Waals surface area contributed by atoms with Gasteiger partial charge in [-0.05, 0) is 12.8 Å². The molecule has 6 heteroatoms. The Labute approximate surface area is 94.2 Å². The molecule has 0 aromatic heterocycles. The quantitative estimate of drug-likeness (QED) is 0.377. The van der Waals surface area contributed by atoms with Gasteiger partial charge in [-0.25, -0.2) is 22.0 Å². The van der Waals surface area contributed by atoms with Crippen molar-refractivity contribution in [2.45, 2.75) is 18.9 Å². The van der Waals surface area contributed by atoms with Crippen LogP contribution in [0.15, 0.2) is 12.7 Å². The molecule has 1 aromatic rings. The summed E-state index contributed by atoms with van der Waals surface area (Å²) in [7, 11) is 0. The van der Waals surface area contributed by atoms with Crippen LogP contribution in [0.2, 0.25) is 0 Å². The van der Waals surface area contributed by atoms with Crippen molar-refractivity contribution in [2.75, 3.05) is 0 Å². The first-order valence-corrected chi connectivity index (χ1v) is 4.72. The second-order valence-electron chi connectivity index (χ2n) is 3.37. The molecule has 0 bridgehead atoms. The third-order valence-corrected chi connectivity index (χ3v) is 2.22. The molecule has 0 saturated carbocycles. The molecule has 1 unspecified atom stereocenters. The van der Waals surface area contributed by atoms with E-state index in [4.69, 9.17) is 0 Å². The molecule has 0 aliphatic heterocycles. The lowest BCUT2D eigenvalue weighted by molar-refractivity contribution is 0.155. The number of halogens is 5. The van der Waals surface area contributed by atoms with Crippen LogP contribution < -0.4 is 0 Å². The van der Waals surface area contributed by atoms with E-state index in [1.165, 1.54) is 6.08 Å². The fraction of sp³-hybridized carbons (Fsp3) is 0.273. The van der Waals surface area contributed by atoms with Gasteiger partial charge in [0.1, 0.15) is 0 Å². The highest BCUT2D eigenvalue weighted by molar-refractivity contribution is 5.26. The maximum absolute atomic E-state index is 13.2.